The lowest BCUT2D eigenvalue weighted by atomic mass is 10.0. The number of esters is 4. The third-order valence-corrected chi connectivity index (χ3v) is 13.9. The molecular formula is C58H110N2O8. The smallest absolute Gasteiger partial charge is 0.323 e. The average Bonchev–Trinajstić information content (AvgIpc) is 3.72. The summed E-state index contributed by atoms with van der Waals surface area (Å²) in [5.74, 6) is -0.617. The lowest BCUT2D eigenvalue weighted by molar-refractivity contribution is -0.151. The van der Waals surface area contributed by atoms with Crippen molar-refractivity contribution >= 4 is 23.9 Å². The Morgan fingerprint density at radius 2 is 0.853 bits per heavy atom. The number of hydrogen-bond acceptors (Lipinski definition) is 10. The van der Waals surface area contributed by atoms with Gasteiger partial charge in [-0.2, -0.15) is 0 Å². The van der Waals surface area contributed by atoms with Crippen LogP contribution in [0.1, 0.15) is 285 Å². The van der Waals surface area contributed by atoms with Crippen molar-refractivity contribution in [3.63, 3.8) is 0 Å². The van der Waals surface area contributed by atoms with Crippen molar-refractivity contribution in [2.24, 2.45) is 0 Å². The van der Waals surface area contributed by atoms with E-state index in [9.17, 15) is 19.2 Å². The summed E-state index contributed by atoms with van der Waals surface area (Å²) < 4.78 is 23.8. The van der Waals surface area contributed by atoms with Gasteiger partial charge in [0.2, 0.25) is 0 Å². The molecule has 400 valence electrons. The minimum Gasteiger partial charge on any atom is -0.465 e. The van der Waals surface area contributed by atoms with Gasteiger partial charge < -0.3 is 23.8 Å². The second-order valence-electron chi connectivity index (χ2n) is 20.9. The predicted molar refractivity (Wildman–Crippen MR) is 282 cm³/mol. The summed E-state index contributed by atoms with van der Waals surface area (Å²) in [4.78, 5) is 56.1. The minimum atomic E-state index is -0.451. The van der Waals surface area contributed by atoms with Gasteiger partial charge in [-0.1, -0.05) is 182 Å². The largest absolute Gasteiger partial charge is 0.465 e. The van der Waals surface area contributed by atoms with Crippen LogP contribution in [0.2, 0.25) is 0 Å². The molecule has 1 rings (SSSR count). The van der Waals surface area contributed by atoms with E-state index in [-0.39, 0.29) is 42.2 Å². The fourth-order valence-corrected chi connectivity index (χ4v) is 9.55. The number of rotatable bonds is 49. The normalized spacial score (nSPS) is 15.2. The van der Waals surface area contributed by atoms with Gasteiger partial charge in [-0.3, -0.25) is 24.1 Å². The van der Waals surface area contributed by atoms with Gasteiger partial charge in [-0.05, 0) is 97.7 Å². The third-order valence-electron chi connectivity index (χ3n) is 13.9. The molecule has 1 aliphatic rings. The molecule has 10 heteroatoms. The van der Waals surface area contributed by atoms with E-state index in [0.29, 0.717) is 51.9 Å². The first-order chi connectivity index (χ1) is 33.1. The molecule has 0 aliphatic carbocycles. The molecule has 0 saturated carbocycles. The first-order valence-corrected chi connectivity index (χ1v) is 29.3. The lowest BCUT2D eigenvalue weighted by Crippen LogP contribution is -2.38. The first kappa shape index (κ1) is 63.8. The molecule has 1 saturated heterocycles. The molecule has 0 spiro atoms. The highest BCUT2D eigenvalue weighted by atomic mass is 16.6. The Balaban J connectivity index is 2.53. The van der Waals surface area contributed by atoms with E-state index in [4.69, 9.17) is 18.9 Å². The van der Waals surface area contributed by atoms with Crippen molar-refractivity contribution < 1.29 is 38.1 Å². The van der Waals surface area contributed by atoms with Crippen LogP contribution >= 0.6 is 0 Å². The summed E-state index contributed by atoms with van der Waals surface area (Å²) in [5.41, 5.74) is 0. The second-order valence-corrected chi connectivity index (χ2v) is 20.9. The Morgan fingerprint density at radius 3 is 1.28 bits per heavy atom. The predicted octanol–water partition coefficient (Wildman–Crippen LogP) is 15.2. The number of carbonyl (C=O) groups is 4. The molecule has 1 heterocycles. The second kappa shape index (κ2) is 45.9. The van der Waals surface area contributed by atoms with Crippen molar-refractivity contribution in [2.75, 3.05) is 40.3 Å². The van der Waals surface area contributed by atoms with Gasteiger partial charge in [0.15, 0.2) is 0 Å². The summed E-state index contributed by atoms with van der Waals surface area (Å²) in [7, 11) is 3.87. The van der Waals surface area contributed by atoms with Gasteiger partial charge in [0.25, 0.3) is 0 Å². The van der Waals surface area contributed by atoms with Crippen molar-refractivity contribution in [3.05, 3.63) is 0 Å². The molecule has 1 unspecified atom stereocenters. The molecule has 10 nitrogen and oxygen atoms in total. The van der Waals surface area contributed by atoms with Crippen molar-refractivity contribution in [1.82, 2.24) is 9.80 Å². The average molecular weight is 964 g/mol. The molecular weight excluding hydrogens is 853 g/mol. The Hall–Kier alpha value is -2.20. The molecule has 0 radical (unpaired) electrons. The minimum absolute atomic E-state index is 0.0289. The zero-order valence-corrected chi connectivity index (χ0v) is 45.6. The van der Waals surface area contributed by atoms with Crippen LogP contribution in [0, 0.1) is 0 Å². The van der Waals surface area contributed by atoms with Crippen LogP contribution in [0.5, 0.6) is 0 Å². The van der Waals surface area contributed by atoms with Crippen molar-refractivity contribution in [3.8, 4) is 0 Å². The molecule has 1 fully saturated rings. The number of unbranched alkanes of at least 4 members (excludes halogenated alkanes) is 26. The third kappa shape index (κ3) is 37.6. The molecule has 0 aromatic heterocycles. The topological polar surface area (TPSA) is 112 Å². The zero-order chi connectivity index (χ0) is 49.7. The number of carbonyl (C=O) groups excluding carboxylic acids is 4. The first-order valence-electron chi connectivity index (χ1n) is 29.3. The van der Waals surface area contributed by atoms with Gasteiger partial charge in [-0.15, -0.1) is 0 Å². The van der Waals surface area contributed by atoms with Gasteiger partial charge in [0, 0.05) is 32.4 Å². The van der Waals surface area contributed by atoms with E-state index in [2.05, 4.69) is 32.6 Å². The lowest BCUT2D eigenvalue weighted by Gasteiger charge is -2.22. The van der Waals surface area contributed by atoms with E-state index >= 15 is 0 Å². The molecule has 0 N–H and O–H groups in total. The molecule has 2 atom stereocenters. The summed E-state index contributed by atoms with van der Waals surface area (Å²) in [6, 6.07) is -0.451. The number of nitrogens with zero attached hydrogens (tertiary/aromatic N) is 2. The fourth-order valence-electron chi connectivity index (χ4n) is 9.55. The molecule has 0 amide bonds. The van der Waals surface area contributed by atoms with E-state index < -0.39 is 6.04 Å². The highest BCUT2D eigenvalue weighted by Crippen LogP contribution is 2.25. The van der Waals surface area contributed by atoms with E-state index in [1.165, 1.54) is 128 Å². The number of hydrogen-bond donors (Lipinski definition) is 0. The van der Waals surface area contributed by atoms with Crippen LogP contribution in [-0.4, -0.2) is 98.4 Å². The summed E-state index contributed by atoms with van der Waals surface area (Å²) in [5, 5.41) is 0. The van der Waals surface area contributed by atoms with E-state index in [1.54, 1.807) is 0 Å². The quantitative estimate of drug-likeness (QED) is 0.0332. The Bertz CT molecular complexity index is 1170. The van der Waals surface area contributed by atoms with Gasteiger partial charge >= 0.3 is 23.9 Å². The fraction of sp³-hybridized carbons (Fsp3) is 0.931. The number of likely N-dealkylation sites (tertiary alicyclic amines) is 1. The van der Waals surface area contributed by atoms with E-state index in [0.717, 1.165) is 103 Å². The van der Waals surface area contributed by atoms with Crippen LogP contribution in [-0.2, 0) is 38.1 Å². The van der Waals surface area contributed by atoms with Crippen LogP contribution in [0.3, 0.4) is 0 Å². The van der Waals surface area contributed by atoms with Crippen LogP contribution in [0.25, 0.3) is 0 Å². The Morgan fingerprint density at radius 1 is 0.471 bits per heavy atom. The summed E-state index contributed by atoms with van der Waals surface area (Å²) in [6.45, 7) is 11.2. The maximum absolute atomic E-state index is 13.5. The maximum atomic E-state index is 13.5. The Kier molecular flexibility index (Phi) is 43.1. The van der Waals surface area contributed by atoms with Crippen LogP contribution < -0.4 is 0 Å². The van der Waals surface area contributed by atoms with Crippen molar-refractivity contribution in [1.29, 1.82) is 0 Å². The monoisotopic (exact) mass is 963 g/mol. The Labute approximate surface area is 419 Å². The van der Waals surface area contributed by atoms with Gasteiger partial charge in [-0.25, -0.2) is 0 Å². The van der Waals surface area contributed by atoms with Crippen LogP contribution in [0.15, 0.2) is 0 Å². The van der Waals surface area contributed by atoms with Crippen molar-refractivity contribution in [2.45, 2.75) is 309 Å². The molecule has 0 bridgehead atoms. The van der Waals surface area contributed by atoms with Crippen LogP contribution in [0.4, 0.5) is 0 Å². The maximum Gasteiger partial charge on any atom is 0.323 e. The highest BCUT2D eigenvalue weighted by molar-refractivity contribution is 5.76. The standard InChI is InChI=1S/C58H110N2O8/c1-7-11-15-19-24-31-39-51(40-32-25-20-16-12-8-2)66-55(61)43-35-28-23-29-38-48-65-58(64)54-49-53(68-57(63)45-47-59(5)6)50-60(54)46-37-30-36-44-56(62)67-52(41-33-26-21-17-13-9-3)42-34-27-22-18-14-10-4/h51-54H,7-50H2,1-6H3/t53?,54-/m0/s1. The molecule has 68 heavy (non-hydrogen) atoms. The number of ether oxygens (including phenoxy) is 4. The molecule has 1 aliphatic heterocycles. The zero-order valence-electron chi connectivity index (χ0n) is 45.6. The SMILES string of the molecule is CCCCCCCCC(CCCCCCCC)OC(=O)CCCCCCCOC(=O)[C@@H]1CC(OC(=O)CCN(C)C)CN1CCCCCC(=O)OC(CCCCCCCC)CCCCCCCC. The summed E-state index contributed by atoms with van der Waals surface area (Å²) >= 11 is 0. The molecule has 0 aromatic rings. The molecule has 0 aromatic carbocycles. The highest BCUT2D eigenvalue weighted by Gasteiger charge is 2.39. The summed E-state index contributed by atoms with van der Waals surface area (Å²) in [6.07, 6.45) is 42.2. The van der Waals surface area contributed by atoms with Gasteiger partial charge in [0.05, 0.1) is 13.0 Å². The van der Waals surface area contributed by atoms with Gasteiger partial charge in [0.1, 0.15) is 24.4 Å². The van der Waals surface area contributed by atoms with E-state index in [1.807, 2.05) is 19.0 Å².